The summed E-state index contributed by atoms with van der Waals surface area (Å²) >= 11 is 0. The maximum absolute atomic E-state index is 8.93. The third kappa shape index (κ3) is 3.47. The molecule has 2 aromatic rings. The normalized spacial score (nSPS) is 11.4. The van der Waals surface area contributed by atoms with Crippen LogP contribution in [0.5, 0.6) is 0 Å². The molecule has 0 saturated carbocycles. The standard InChI is InChI=1S/C15H19N5O/c1-3-20(10-12-6-8-17-9-7-12)15-13(14(16)19-21)5-4-11(2)18-15/h4-9,21H,3,10H2,1-2H3,(H2,16,19). The molecule has 3 N–H and O–H groups in total. The first-order chi connectivity index (χ1) is 10.2. The lowest BCUT2D eigenvalue weighted by Gasteiger charge is -2.24. The molecule has 0 saturated heterocycles. The summed E-state index contributed by atoms with van der Waals surface area (Å²) < 4.78 is 0. The maximum atomic E-state index is 8.93. The third-order valence-electron chi connectivity index (χ3n) is 3.20. The zero-order valence-corrected chi connectivity index (χ0v) is 12.2. The summed E-state index contributed by atoms with van der Waals surface area (Å²) in [7, 11) is 0. The van der Waals surface area contributed by atoms with Gasteiger partial charge in [-0.15, -0.1) is 0 Å². The van der Waals surface area contributed by atoms with Gasteiger partial charge < -0.3 is 15.8 Å². The predicted molar refractivity (Wildman–Crippen MR) is 82.4 cm³/mol. The van der Waals surface area contributed by atoms with Gasteiger partial charge in [-0.1, -0.05) is 5.16 Å². The summed E-state index contributed by atoms with van der Waals surface area (Å²) in [6, 6.07) is 7.59. The van der Waals surface area contributed by atoms with Crippen molar-refractivity contribution in [3.8, 4) is 0 Å². The summed E-state index contributed by atoms with van der Waals surface area (Å²) in [5.74, 6) is 0.773. The number of nitrogens with two attached hydrogens (primary N) is 1. The van der Waals surface area contributed by atoms with Gasteiger partial charge in [0.15, 0.2) is 5.84 Å². The Morgan fingerprint density at radius 2 is 2.00 bits per heavy atom. The van der Waals surface area contributed by atoms with E-state index in [1.807, 2.05) is 38.1 Å². The number of hydrogen-bond donors (Lipinski definition) is 2. The van der Waals surface area contributed by atoms with Crippen molar-refractivity contribution in [1.82, 2.24) is 9.97 Å². The molecule has 0 radical (unpaired) electrons. The maximum Gasteiger partial charge on any atom is 0.173 e. The fraction of sp³-hybridized carbons (Fsp3) is 0.267. The van der Waals surface area contributed by atoms with Crippen molar-refractivity contribution in [3.05, 3.63) is 53.5 Å². The van der Waals surface area contributed by atoms with Crippen molar-refractivity contribution in [2.75, 3.05) is 11.4 Å². The second-order valence-electron chi connectivity index (χ2n) is 4.68. The van der Waals surface area contributed by atoms with E-state index in [9.17, 15) is 0 Å². The van der Waals surface area contributed by atoms with Crippen LogP contribution >= 0.6 is 0 Å². The molecule has 2 rings (SSSR count). The predicted octanol–water partition coefficient (Wildman–Crippen LogP) is 1.91. The average Bonchev–Trinajstić information content (AvgIpc) is 2.52. The van der Waals surface area contributed by atoms with E-state index in [-0.39, 0.29) is 5.84 Å². The lowest BCUT2D eigenvalue weighted by Crippen LogP contribution is -2.27. The molecule has 0 aliphatic carbocycles. The van der Waals surface area contributed by atoms with Gasteiger partial charge >= 0.3 is 0 Å². The minimum Gasteiger partial charge on any atom is -0.409 e. The molecule has 2 aromatic heterocycles. The first-order valence-electron chi connectivity index (χ1n) is 6.75. The number of anilines is 1. The van der Waals surface area contributed by atoms with E-state index in [0.717, 1.165) is 17.8 Å². The summed E-state index contributed by atoms with van der Waals surface area (Å²) in [6.45, 7) is 5.40. The number of pyridine rings is 2. The van der Waals surface area contributed by atoms with E-state index < -0.39 is 0 Å². The molecule has 0 aliphatic rings. The van der Waals surface area contributed by atoms with Crippen molar-refractivity contribution in [3.63, 3.8) is 0 Å². The first kappa shape index (κ1) is 14.8. The fourth-order valence-electron chi connectivity index (χ4n) is 2.08. The first-order valence-corrected chi connectivity index (χ1v) is 6.75. The highest BCUT2D eigenvalue weighted by atomic mass is 16.4. The van der Waals surface area contributed by atoms with E-state index in [0.29, 0.717) is 17.9 Å². The van der Waals surface area contributed by atoms with Crippen molar-refractivity contribution in [1.29, 1.82) is 0 Å². The van der Waals surface area contributed by atoms with Gasteiger partial charge in [-0.25, -0.2) is 4.98 Å². The fourth-order valence-corrected chi connectivity index (χ4v) is 2.08. The number of oxime groups is 1. The molecule has 6 heteroatoms. The molecule has 0 unspecified atom stereocenters. The van der Waals surface area contributed by atoms with Crippen molar-refractivity contribution in [2.24, 2.45) is 10.9 Å². The van der Waals surface area contributed by atoms with E-state index in [4.69, 9.17) is 10.9 Å². The molecule has 2 heterocycles. The number of rotatable bonds is 5. The Morgan fingerprint density at radius 1 is 1.29 bits per heavy atom. The van der Waals surface area contributed by atoms with Crippen LogP contribution in [0.3, 0.4) is 0 Å². The molecule has 0 bridgehead atoms. The van der Waals surface area contributed by atoms with Crippen LogP contribution in [0.15, 0.2) is 41.8 Å². The van der Waals surface area contributed by atoms with Gasteiger partial charge in [0.1, 0.15) is 5.82 Å². The number of aromatic nitrogens is 2. The van der Waals surface area contributed by atoms with Crippen molar-refractivity contribution in [2.45, 2.75) is 20.4 Å². The molecular weight excluding hydrogens is 266 g/mol. The SMILES string of the molecule is CCN(Cc1ccncc1)c1nc(C)ccc1C(N)=NO. The second-order valence-corrected chi connectivity index (χ2v) is 4.68. The monoisotopic (exact) mass is 285 g/mol. The Labute approximate surface area is 123 Å². The average molecular weight is 285 g/mol. The number of nitrogens with zero attached hydrogens (tertiary/aromatic N) is 4. The van der Waals surface area contributed by atoms with Crippen LogP contribution in [0.25, 0.3) is 0 Å². The van der Waals surface area contributed by atoms with Crippen molar-refractivity contribution < 1.29 is 5.21 Å². The Hall–Kier alpha value is -2.63. The highest BCUT2D eigenvalue weighted by Crippen LogP contribution is 2.20. The summed E-state index contributed by atoms with van der Waals surface area (Å²) in [4.78, 5) is 10.6. The van der Waals surface area contributed by atoms with E-state index >= 15 is 0 Å². The smallest absolute Gasteiger partial charge is 0.173 e. The Morgan fingerprint density at radius 3 is 2.62 bits per heavy atom. The van der Waals surface area contributed by atoms with Gasteiger partial charge in [0.25, 0.3) is 0 Å². The van der Waals surface area contributed by atoms with E-state index in [1.54, 1.807) is 12.4 Å². The molecule has 0 atom stereocenters. The molecule has 0 fully saturated rings. The lowest BCUT2D eigenvalue weighted by molar-refractivity contribution is 0.318. The molecule has 0 amide bonds. The minimum atomic E-state index is 0.0608. The van der Waals surface area contributed by atoms with Crippen LogP contribution in [-0.2, 0) is 6.54 Å². The Kier molecular flexibility index (Phi) is 4.71. The highest BCUT2D eigenvalue weighted by molar-refractivity contribution is 6.01. The highest BCUT2D eigenvalue weighted by Gasteiger charge is 2.15. The molecule has 21 heavy (non-hydrogen) atoms. The van der Waals surface area contributed by atoms with Gasteiger partial charge in [-0.2, -0.15) is 0 Å². The van der Waals surface area contributed by atoms with Gasteiger partial charge in [0, 0.05) is 31.2 Å². The van der Waals surface area contributed by atoms with Crippen LogP contribution < -0.4 is 10.6 Å². The number of aryl methyl sites for hydroxylation is 1. The summed E-state index contributed by atoms with van der Waals surface area (Å²) in [5, 5.41) is 12.0. The third-order valence-corrected chi connectivity index (χ3v) is 3.20. The van der Waals surface area contributed by atoms with Gasteiger partial charge in [-0.3, -0.25) is 4.98 Å². The van der Waals surface area contributed by atoms with Crippen LogP contribution in [0.2, 0.25) is 0 Å². The Balaban J connectivity index is 2.39. The zero-order valence-electron chi connectivity index (χ0n) is 12.2. The Bertz CT molecular complexity index is 627. The van der Waals surface area contributed by atoms with Gasteiger partial charge in [-0.05, 0) is 43.7 Å². The van der Waals surface area contributed by atoms with E-state index in [1.165, 1.54) is 0 Å². The molecule has 110 valence electrons. The van der Waals surface area contributed by atoms with Crippen LogP contribution in [0.1, 0.15) is 23.7 Å². The number of hydrogen-bond acceptors (Lipinski definition) is 5. The quantitative estimate of drug-likeness (QED) is 0.379. The summed E-state index contributed by atoms with van der Waals surface area (Å²) in [5.41, 5.74) is 8.39. The molecule has 0 spiro atoms. The second kappa shape index (κ2) is 6.69. The zero-order chi connectivity index (χ0) is 15.2. The van der Waals surface area contributed by atoms with Gasteiger partial charge in [0.05, 0.1) is 5.56 Å². The molecular formula is C15H19N5O. The molecule has 6 nitrogen and oxygen atoms in total. The van der Waals surface area contributed by atoms with Crippen LogP contribution in [-0.4, -0.2) is 27.6 Å². The topological polar surface area (TPSA) is 87.6 Å². The van der Waals surface area contributed by atoms with Gasteiger partial charge in [0.2, 0.25) is 0 Å². The van der Waals surface area contributed by atoms with Crippen LogP contribution in [0, 0.1) is 6.92 Å². The number of amidine groups is 1. The molecule has 0 aromatic carbocycles. The molecule has 0 aliphatic heterocycles. The summed E-state index contributed by atoms with van der Waals surface area (Å²) in [6.07, 6.45) is 3.52. The van der Waals surface area contributed by atoms with E-state index in [2.05, 4.69) is 20.0 Å². The largest absolute Gasteiger partial charge is 0.409 e. The minimum absolute atomic E-state index is 0.0608. The van der Waals surface area contributed by atoms with Crippen LogP contribution in [0.4, 0.5) is 5.82 Å². The lowest BCUT2D eigenvalue weighted by atomic mass is 10.2. The van der Waals surface area contributed by atoms with Crippen molar-refractivity contribution >= 4 is 11.7 Å².